The second-order valence-corrected chi connectivity index (χ2v) is 10.2. The Morgan fingerprint density at radius 3 is 2.37 bits per heavy atom. The molecular formula is C22H20N6O5S2. The number of ether oxygens (including phenoxy) is 1. The van der Waals surface area contributed by atoms with E-state index in [9.17, 15) is 18.0 Å². The Bertz CT molecular complexity index is 1430. The number of sulfonamides is 1. The average molecular weight is 513 g/mol. The van der Waals surface area contributed by atoms with Crippen LogP contribution in [0.15, 0.2) is 65.8 Å². The predicted octanol–water partition coefficient (Wildman–Crippen LogP) is 3.22. The van der Waals surface area contributed by atoms with E-state index in [1.54, 1.807) is 43.6 Å². The molecule has 0 radical (unpaired) electrons. The molecule has 0 saturated heterocycles. The monoisotopic (exact) mass is 512 g/mol. The molecule has 1 amide bonds. The van der Waals surface area contributed by atoms with Gasteiger partial charge in [0.1, 0.15) is 10.8 Å². The molecule has 180 valence electrons. The van der Waals surface area contributed by atoms with Crippen molar-refractivity contribution < 1.29 is 22.7 Å². The topological polar surface area (TPSA) is 156 Å². The van der Waals surface area contributed by atoms with Crippen LogP contribution in [-0.2, 0) is 19.6 Å². The number of carbonyl (C=O) groups excluding carboxylic acids is 2. The molecule has 0 aliphatic carbocycles. The van der Waals surface area contributed by atoms with E-state index in [4.69, 9.17) is 4.74 Å². The van der Waals surface area contributed by atoms with Crippen molar-refractivity contribution in [3.8, 4) is 11.4 Å². The number of hydrogen-bond donors (Lipinski definition) is 3. The molecule has 0 bridgehead atoms. The summed E-state index contributed by atoms with van der Waals surface area (Å²) in [6.07, 6.45) is 2.24. The van der Waals surface area contributed by atoms with Crippen LogP contribution in [0.1, 0.15) is 22.3 Å². The van der Waals surface area contributed by atoms with Crippen LogP contribution >= 0.6 is 11.3 Å². The van der Waals surface area contributed by atoms with Gasteiger partial charge in [-0.15, -0.1) is 10.2 Å². The van der Waals surface area contributed by atoms with Crippen LogP contribution in [0.4, 0.5) is 10.8 Å². The maximum Gasteiger partial charge on any atom is 0.338 e. The Kier molecular flexibility index (Phi) is 6.89. The Morgan fingerprint density at radius 1 is 1.06 bits per heavy atom. The van der Waals surface area contributed by atoms with Crippen molar-refractivity contribution in [1.82, 2.24) is 20.2 Å². The Labute approximate surface area is 204 Å². The first-order valence-corrected chi connectivity index (χ1v) is 12.6. The van der Waals surface area contributed by atoms with E-state index in [0.717, 1.165) is 16.9 Å². The average Bonchev–Trinajstić information content (AvgIpc) is 3.51. The minimum absolute atomic E-state index is 0.0131. The van der Waals surface area contributed by atoms with Crippen molar-refractivity contribution in [3.63, 3.8) is 0 Å². The van der Waals surface area contributed by atoms with E-state index < -0.39 is 28.0 Å². The highest BCUT2D eigenvalue weighted by molar-refractivity contribution is 7.93. The van der Waals surface area contributed by atoms with Gasteiger partial charge < -0.3 is 15.0 Å². The SMILES string of the molecule is Cc1nnc(NS(=O)(=O)c2ccc(NC(=O)C(C)OC(=O)c3ccc(-c4ncc[nH]4)cc3)cc2)s1. The molecular weight excluding hydrogens is 492 g/mol. The molecule has 2 heterocycles. The number of anilines is 2. The molecule has 35 heavy (non-hydrogen) atoms. The standard InChI is InChI=1S/C22H20N6O5S2/c1-13(33-21(30)16-5-3-15(4-6-16)19-23-11-12-24-19)20(29)25-17-7-9-18(10-8-17)35(31,32)28-22-27-26-14(2)34-22/h3-13H,1-2H3,(H,23,24)(H,25,29)(H,27,28). The van der Waals surface area contributed by atoms with Crippen LogP contribution in [0.2, 0.25) is 0 Å². The fraction of sp³-hybridized carbons (Fsp3) is 0.136. The van der Waals surface area contributed by atoms with Gasteiger partial charge in [-0.1, -0.05) is 23.5 Å². The molecule has 13 heteroatoms. The summed E-state index contributed by atoms with van der Waals surface area (Å²) < 4.78 is 32.6. The number of amides is 1. The van der Waals surface area contributed by atoms with Gasteiger partial charge in [-0.05, 0) is 50.2 Å². The van der Waals surface area contributed by atoms with Gasteiger partial charge in [-0.25, -0.2) is 18.2 Å². The summed E-state index contributed by atoms with van der Waals surface area (Å²) in [4.78, 5) is 32.0. The smallest absolute Gasteiger partial charge is 0.338 e. The number of hydrogen-bond acceptors (Lipinski definition) is 9. The zero-order valence-electron chi connectivity index (χ0n) is 18.6. The van der Waals surface area contributed by atoms with Crippen LogP contribution in [0, 0.1) is 6.92 Å². The fourth-order valence-corrected chi connectivity index (χ4v) is 4.76. The lowest BCUT2D eigenvalue weighted by Crippen LogP contribution is -2.30. The molecule has 2 aromatic carbocycles. The largest absolute Gasteiger partial charge is 0.449 e. The van der Waals surface area contributed by atoms with Crippen molar-refractivity contribution in [2.75, 3.05) is 10.0 Å². The van der Waals surface area contributed by atoms with Gasteiger partial charge in [0.25, 0.3) is 15.9 Å². The zero-order chi connectivity index (χ0) is 25.0. The molecule has 4 rings (SSSR count). The predicted molar refractivity (Wildman–Crippen MR) is 129 cm³/mol. The van der Waals surface area contributed by atoms with Gasteiger partial charge in [0, 0.05) is 23.6 Å². The van der Waals surface area contributed by atoms with Crippen molar-refractivity contribution >= 4 is 44.1 Å². The Balaban J connectivity index is 1.33. The van der Waals surface area contributed by atoms with E-state index in [0.29, 0.717) is 16.5 Å². The van der Waals surface area contributed by atoms with E-state index in [-0.39, 0.29) is 15.6 Å². The molecule has 0 fully saturated rings. The molecule has 2 aromatic heterocycles. The Morgan fingerprint density at radius 2 is 1.77 bits per heavy atom. The molecule has 11 nitrogen and oxygen atoms in total. The van der Waals surface area contributed by atoms with Gasteiger partial charge >= 0.3 is 5.97 Å². The second kappa shape index (κ2) is 10.0. The van der Waals surface area contributed by atoms with Crippen molar-refractivity contribution in [3.05, 3.63) is 71.5 Å². The van der Waals surface area contributed by atoms with Crippen LogP contribution in [0.25, 0.3) is 11.4 Å². The van der Waals surface area contributed by atoms with Gasteiger partial charge in [0.15, 0.2) is 6.10 Å². The summed E-state index contributed by atoms with van der Waals surface area (Å²) in [5, 5.41) is 10.9. The first kappa shape index (κ1) is 24.0. The summed E-state index contributed by atoms with van der Waals surface area (Å²) in [5.41, 5.74) is 1.43. The fourth-order valence-electron chi connectivity index (χ4n) is 2.94. The normalized spacial score (nSPS) is 12.1. The van der Waals surface area contributed by atoms with Gasteiger partial charge in [-0.2, -0.15) is 0 Å². The lowest BCUT2D eigenvalue weighted by atomic mass is 10.1. The quantitative estimate of drug-likeness (QED) is 0.304. The number of benzene rings is 2. The lowest BCUT2D eigenvalue weighted by Gasteiger charge is -2.14. The third-order valence-corrected chi connectivity index (χ3v) is 6.96. The number of nitrogens with zero attached hydrogens (tertiary/aromatic N) is 3. The number of imidazole rings is 1. The number of H-pyrrole nitrogens is 1. The number of carbonyl (C=O) groups is 2. The number of rotatable bonds is 8. The molecule has 0 saturated carbocycles. The van der Waals surface area contributed by atoms with Crippen LogP contribution in [0.3, 0.4) is 0 Å². The van der Waals surface area contributed by atoms with Gasteiger partial charge in [-0.3, -0.25) is 9.52 Å². The molecule has 4 aromatic rings. The van der Waals surface area contributed by atoms with Gasteiger partial charge in [0.2, 0.25) is 5.13 Å². The first-order chi connectivity index (χ1) is 16.7. The molecule has 3 N–H and O–H groups in total. The van der Waals surface area contributed by atoms with Crippen molar-refractivity contribution in [2.24, 2.45) is 0 Å². The summed E-state index contributed by atoms with van der Waals surface area (Å²) in [6, 6.07) is 12.1. The maximum absolute atomic E-state index is 12.5. The zero-order valence-corrected chi connectivity index (χ0v) is 20.2. The van der Waals surface area contributed by atoms with Crippen LogP contribution in [-0.4, -0.2) is 46.6 Å². The summed E-state index contributed by atoms with van der Waals surface area (Å²) in [6.45, 7) is 3.15. The van der Waals surface area contributed by atoms with E-state index in [2.05, 4.69) is 30.2 Å². The first-order valence-electron chi connectivity index (χ1n) is 10.3. The number of nitrogens with one attached hydrogen (secondary N) is 3. The third kappa shape index (κ3) is 5.88. The molecule has 0 spiro atoms. The third-order valence-electron chi connectivity index (χ3n) is 4.73. The van der Waals surface area contributed by atoms with Crippen LogP contribution in [0.5, 0.6) is 0 Å². The number of aromatic amines is 1. The minimum Gasteiger partial charge on any atom is -0.449 e. The van der Waals surface area contributed by atoms with Crippen molar-refractivity contribution in [1.29, 1.82) is 0 Å². The number of aryl methyl sites for hydroxylation is 1. The number of aromatic nitrogens is 4. The Hall–Kier alpha value is -4.10. The second-order valence-electron chi connectivity index (χ2n) is 7.31. The highest BCUT2D eigenvalue weighted by Gasteiger charge is 2.20. The van der Waals surface area contributed by atoms with Gasteiger partial charge in [0.05, 0.1) is 10.5 Å². The summed E-state index contributed by atoms with van der Waals surface area (Å²) in [5.74, 6) is -0.552. The highest BCUT2D eigenvalue weighted by Crippen LogP contribution is 2.21. The van der Waals surface area contributed by atoms with E-state index >= 15 is 0 Å². The van der Waals surface area contributed by atoms with E-state index in [1.807, 2.05) is 0 Å². The lowest BCUT2D eigenvalue weighted by molar-refractivity contribution is -0.123. The summed E-state index contributed by atoms with van der Waals surface area (Å²) >= 11 is 1.11. The van der Waals surface area contributed by atoms with E-state index in [1.165, 1.54) is 31.2 Å². The molecule has 1 unspecified atom stereocenters. The van der Waals surface area contributed by atoms with Crippen LogP contribution < -0.4 is 10.0 Å². The highest BCUT2D eigenvalue weighted by atomic mass is 32.2. The minimum atomic E-state index is -3.86. The van der Waals surface area contributed by atoms with Crippen molar-refractivity contribution in [2.45, 2.75) is 24.8 Å². The molecule has 0 aliphatic heterocycles. The number of esters is 1. The maximum atomic E-state index is 12.5. The molecule has 1 atom stereocenters. The molecule has 0 aliphatic rings. The summed E-state index contributed by atoms with van der Waals surface area (Å²) in [7, 11) is -3.86.